The fourth-order valence-electron chi connectivity index (χ4n) is 5.22. The SMILES string of the molecule is CC(=O)C[C@H]1CC[C@@H](c2cnc(N3C4CCC3CN(C)C4)nc2)CC1. The minimum absolute atomic E-state index is 0.331. The Bertz CT molecular complexity index is 595. The molecule has 1 aliphatic carbocycles. The van der Waals surface area contributed by atoms with Crippen LogP contribution in [0.1, 0.15) is 63.4 Å². The number of hydrogen-bond acceptors (Lipinski definition) is 5. The minimum atomic E-state index is 0.331. The summed E-state index contributed by atoms with van der Waals surface area (Å²) in [6.45, 7) is 3.97. The molecule has 25 heavy (non-hydrogen) atoms. The number of anilines is 1. The Hall–Kier alpha value is -1.49. The van der Waals surface area contributed by atoms with E-state index >= 15 is 0 Å². The monoisotopic (exact) mass is 342 g/mol. The third-order valence-electron chi connectivity index (χ3n) is 6.45. The molecule has 3 fully saturated rings. The number of carbonyl (C=O) groups excluding carboxylic acids is 1. The van der Waals surface area contributed by atoms with Crippen molar-refractivity contribution in [3.8, 4) is 0 Å². The predicted molar refractivity (Wildman–Crippen MR) is 98.8 cm³/mol. The zero-order chi connectivity index (χ0) is 17.4. The van der Waals surface area contributed by atoms with Crippen LogP contribution in [0.5, 0.6) is 0 Å². The van der Waals surface area contributed by atoms with Gasteiger partial charge in [0.2, 0.25) is 5.95 Å². The number of fused-ring (bicyclic) bond motifs is 2. The van der Waals surface area contributed by atoms with E-state index in [1.165, 1.54) is 31.2 Å². The molecule has 2 bridgehead atoms. The maximum atomic E-state index is 11.3. The predicted octanol–water partition coefficient (Wildman–Crippen LogP) is 3.01. The van der Waals surface area contributed by atoms with Crippen LogP contribution in [-0.4, -0.2) is 52.9 Å². The molecule has 1 saturated carbocycles. The van der Waals surface area contributed by atoms with Gasteiger partial charge in [0.25, 0.3) is 0 Å². The largest absolute Gasteiger partial charge is 0.332 e. The quantitative estimate of drug-likeness (QED) is 0.842. The summed E-state index contributed by atoms with van der Waals surface area (Å²) in [5.41, 5.74) is 1.28. The number of hydrogen-bond donors (Lipinski definition) is 0. The molecule has 3 heterocycles. The summed E-state index contributed by atoms with van der Waals surface area (Å²) in [5, 5.41) is 0. The van der Waals surface area contributed by atoms with Crippen molar-refractivity contribution >= 4 is 11.7 Å². The molecule has 1 aromatic rings. The van der Waals surface area contributed by atoms with E-state index in [-0.39, 0.29) is 0 Å². The van der Waals surface area contributed by atoms with Gasteiger partial charge in [-0.2, -0.15) is 0 Å². The Morgan fingerprint density at radius 1 is 1.04 bits per heavy atom. The van der Waals surface area contributed by atoms with Crippen LogP contribution in [0.4, 0.5) is 5.95 Å². The standard InChI is InChI=1S/C20H30N4O/c1-14(25)9-15-3-5-16(6-4-15)17-10-21-20(22-11-17)24-18-7-8-19(24)13-23(2)12-18/h10-11,15-16,18-19H,3-9,12-13H2,1-2H3/t15-,16+,18?,19?. The summed E-state index contributed by atoms with van der Waals surface area (Å²) in [7, 11) is 2.22. The fraction of sp³-hybridized carbons (Fsp3) is 0.750. The van der Waals surface area contributed by atoms with Gasteiger partial charge in [-0.3, -0.25) is 0 Å². The Morgan fingerprint density at radius 2 is 1.64 bits per heavy atom. The van der Waals surface area contributed by atoms with E-state index in [0.717, 1.165) is 38.3 Å². The summed E-state index contributed by atoms with van der Waals surface area (Å²) in [6.07, 6.45) is 12.1. The van der Waals surface area contributed by atoms with Gasteiger partial charge in [0, 0.05) is 44.0 Å². The van der Waals surface area contributed by atoms with Crippen LogP contribution in [0.25, 0.3) is 0 Å². The van der Waals surface area contributed by atoms with E-state index in [4.69, 9.17) is 9.97 Å². The zero-order valence-corrected chi connectivity index (χ0v) is 15.5. The van der Waals surface area contributed by atoms with Crippen LogP contribution in [0.15, 0.2) is 12.4 Å². The van der Waals surface area contributed by atoms with Crippen LogP contribution < -0.4 is 4.90 Å². The van der Waals surface area contributed by atoms with Crippen LogP contribution in [0, 0.1) is 5.92 Å². The first-order chi connectivity index (χ1) is 12.1. The van der Waals surface area contributed by atoms with Crippen molar-refractivity contribution < 1.29 is 4.79 Å². The molecular weight excluding hydrogens is 312 g/mol. The fourth-order valence-corrected chi connectivity index (χ4v) is 5.22. The normalized spacial score (nSPS) is 32.8. The second kappa shape index (κ2) is 7.02. The molecule has 2 saturated heterocycles. The first-order valence-corrected chi connectivity index (χ1v) is 9.88. The van der Waals surface area contributed by atoms with Gasteiger partial charge in [-0.15, -0.1) is 0 Å². The summed E-state index contributed by atoms with van der Waals surface area (Å²) in [6, 6.07) is 1.16. The molecule has 2 unspecified atom stereocenters. The van der Waals surface area contributed by atoms with Gasteiger partial charge < -0.3 is 14.6 Å². The lowest BCUT2D eigenvalue weighted by atomic mass is 9.78. The molecular formula is C20H30N4O. The molecule has 0 N–H and O–H groups in total. The van der Waals surface area contributed by atoms with E-state index in [2.05, 4.69) is 29.2 Å². The van der Waals surface area contributed by atoms with Crippen molar-refractivity contribution in [2.45, 2.75) is 69.9 Å². The van der Waals surface area contributed by atoms with Gasteiger partial charge in [-0.05, 0) is 69.9 Å². The third kappa shape index (κ3) is 3.57. The van der Waals surface area contributed by atoms with Crippen molar-refractivity contribution in [1.29, 1.82) is 0 Å². The molecule has 0 aromatic carbocycles. The molecule has 5 heteroatoms. The van der Waals surface area contributed by atoms with Crippen molar-refractivity contribution in [2.24, 2.45) is 5.92 Å². The number of likely N-dealkylation sites (tertiary alicyclic amines) is 1. The molecule has 0 spiro atoms. The first kappa shape index (κ1) is 17.0. The van der Waals surface area contributed by atoms with E-state index in [1.54, 1.807) is 6.92 Å². The molecule has 2 aliphatic heterocycles. The number of carbonyl (C=O) groups is 1. The Kier molecular flexibility index (Phi) is 4.76. The van der Waals surface area contributed by atoms with Gasteiger partial charge in [-0.1, -0.05) is 0 Å². The second-order valence-electron chi connectivity index (χ2n) is 8.45. The molecule has 0 amide bonds. The maximum absolute atomic E-state index is 11.3. The van der Waals surface area contributed by atoms with Gasteiger partial charge in [0.1, 0.15) is 5.78 Å². The molecule has 5 nitrogen and oxygen atoms in total. The lowest BCUT2D eigenvalue weighted by molar-refractivity contribution is -0.118. The number of ketones is 1. The highest BCUT2D eigenvalue weighted by molar-refractivity contribution is 5.75. The number of rotatable bonds is 4. The van der Waals surface area contributed by atoms with E-state index < -0.39 is 0 Å². The van der Waals surface area contributed by atoms with Crippen LogP contribution >= 0.6 is 0 Å². The van der Waals surface area contributed by atoms with E-state index in [1.807, 2.05) is 0 Å². The van der Waals surface area contributed by atoms with E-state index in [9.17, 15) is 4.79 Å². The van der Waals surface area contributed by atoms with Crippen molar-refractivity contribution in [3.05, 3.63) is 18.0 Å². The lowest BCUT2D eigenvalue weighted by Crippen LogP contribution is -2.53. The number of piperazine rings is 1. The second-order valence-corrected chi connectivity index (χ2v) is 8.45. The Morgan fingerprint density at radius 3 is 2.20 bits per heavy atom. The first-order valence-electron chi connectivity index (χ1n) is 9.88. The van der Waals surface area contributed by atoms with Crippen LogP contribution in [0.2, 0.25) is 0 Å². The molecule has 3 aliphatic rings. The molecule has 4 rings (SSSR count). The highest BCUT2D eigenvalue weighted by Gasteiger charge is 2.40. The van der Waals surface area contributed by atoms with Gasteiger partial charge >= 0.3 is 0 Å². The number of nitrogens with zero attached hydrogens (tertiary/aromatic N) is 4. The third-order valence-corrected chi connectivity index (χ3v) is 6.45. The van der Waals surface area contributed by atoms with Crippen molar-refractivity contribution in [3.63, 3.8) is 0 Å². The summed E-state index contributed by atoms with van der Waals surface area (Å²) in [5.74, 6) is 2.42. The number of aromatic nitrogens is 2. The van der Waals surface area contributed by atoms with Crippen molar-refractivity contribution in [1.82, 2.24) is 14.9 Å². The Labute approximate surface area is 150 Å². The summed E-state index contributed by atoms with van der Waals surface area (Å²) < 4.78 is 0. The Balaban J connectivity index is 1.39. The van der Waals surface area contributed by atoms with Gasteiger partial charge in [-0.25, -0.2) is 9.97 Å². The van der Waals surface area contributed by atoms with Crippen LogP contribution in [0.3, 0.4) is 0 Å². The lowest BCUT2D eigenvalue weighted by Gasteiger charge is -2.39. The minimum Gasteiger partial charge on any atom is -0.332 e. The van der Waals surface area contributed by atoms with Crippen molar-refractivity contribution in [2.75, 3.05) is 25.0 Å². The maximum Gasteiger partial charge on any atom is 0.225 e. The number of Topliss-reactive ketones (excluding diaryl/α,β-unsaturated/α-hetero) is 1. The molecule has 1 aromatic heterocycles. The molecule has 0 radical (unpaired) electrons. The molecule has 2 atom stereocenters. The highest BCUT2D eigenvalue weighted by Crippen LogP contribution is 2.37. The smallest absolute Gasteiger partial charge is 0.225 e. The average molecular weight is 342 g/mol. The average Bonchev–Trinajstić information content (AvgIpc) is 2.87. The topological polar surface area (TPSA) is 49.3 Å². The number of likely N-dealkylation sites (N-methyl/N-ethyl adjacent to an activating group) is 1. The van der Waals surface area contributed by atoms with Crippen LogP contribution in [-0.2, 0) is 4.79 Å². The van der Waals surface area contributed by atoms with E-state index in [0.29, 0.717) is 29.7 Å². The van der Waals surface area contributed by atoms with Gasteiger partial charge in [0.15, 0.2) is 0 Å². The summed E-state index contributed by atoms with van der Waals surface area (Å²) >= 11 is 0. The van der Waals surface area contributed by atoms with Gasteiger partial charge in [0.05, 0.1) is 0 Å². The summed E-state index contributed by atoms with van der Waals surface area (Å²) in [4.78, 5) is 25.7. The zero-order valence-electron chi connectivity index (χ0n) is 15.5. The highest BCUT2D eigenvalue weighted by atomic mass is 16.1. The molecule has 136 valence electrons.